The minimum Gasteiger partial charge on any atom is -0.273 e. The molecule has 1 aliphatic rings. The van der Waals surface area contributed by atoms with E-state index in [0.29, 0.717) is 12.0 Å². The molecule has 1 aromatic rings. The van der Waals surface area contributed by atoms with Crippen LogP contribution in [0.25, 0.3) is 0 Å². The minimum atomic E-state index is -0.215. The first kappa shape index (κ1) is 8.68. The lowest BCUT2D eigenvalue weighted by Crippen LogP contribution is -2.34. The molecule has 13 heavy (non-hydrogen) atoms. The van der Waals surface area contributed by atoms with Gasteiger partial charge < -0.3 is 0 Å². The fourth-order valence-corrected chi connectivity index (χ4v) is 1.76. The van der Waals surface area contributed by atoms with Crippen LogP contribution >= 0.6 is 22.9 Å². The van der Waals surface area contributed by atoms with Crippen LogP contribution in [-0.4, -0.2) is 14.9 Å². The molecule has 3 nitrogen and oxygen atoms in total. The van der Waals surface area contributed by atoms with Crippen molar-refractivity contribution in [2.24, 2.45) is 0 Å². The number of carbonyl (C=O) groups excluding carboxylic acids is 2. The number of imide groups is 1. The monoisotopic (exact) mass is 287 g/mol. The van der Waals surface area contributed by atoms with Crippen LogP contribution in [0.4, 0.5) is 0 Å². The number of hydrogen-bond donors (Lipinski definition) is 0. The minimum absolute atomic E-state index is 0.149. The summed E-state index contributed by atoms with van der Waals surface area (Å²) in [6, 6.07) is 7.20. The van der Waals surface area contributed by atoms with E-state index in [-0.39, 0.29) is 11.8 Å². The van der Waals surface area contributed by atoms with E-state index >= 15 is 0 Å². The Balaban J connectivity index is 2.55. The molecule has 0 atom stereocenters. The maximum atomic E-state index is 11.5. The highest BCUT2D eigenvalue weighted by Gasteiger charge is 2.28. The summed E-state index contributed by atoms with van der Waals surface area (Å²) in [5.74, 6) is -0.364. The molecule has 0 spiro atoms. The fraction of sp³-hybridized carbons (Fsp3) is 0.111. The second kappa shape index (κ2) is 3.10. The molecule has 66 valence electrons. The van der Waals surface area contributed by atoms with Crippen LogP contribution in [0.15, 0.2) is 24.3 Å². The summed E-state index contributed by atoms with van der Waals surface area (Å²) in [7, 11) is 0. The standard InChI is InChI=1S/C9H6INO2/c10-11-8(12)5-6-3-1-2-4-7(6)9(11)13/h1-4H,5H2. The number of rotatable bonds is 0. The Hall–Kier alpha value is -0.910. The van der Waals surface area contributed by atoms with Crippen LogP contribution in [0.5, 0.6) is 0 Å². The third kappa shape index (κ3) is 1.35. The van der Waals surface area contributed by atoms with Crippen molar-refractivity contribution in [3.8, 4) is 0 Å². The number of hydrogen-bond acceptors (Lipinski definition) is 2. The van der Waals surface area contributed by atoms with Crippen molar-refractivity contribution >= 4 is 34.7 Å². The summed E-state index contributed by atoms with van der Waals surface area (Å²) >= 11 is 1.74. The number of amides is 2. The number of halogens is 1. The van der Waals surface area contributed by atoms with Gasteiger partial charge in [0.15, 0.2) is 0 Å². The molecular weight excluding hydrogens is 281 g/mol. The van der Waals surface area contributed by atoms with E-state index < -0.39 is 0 Å². The molecule has 4 heteroatoms. The lowest BCUT2D eigenvalue weighted by molar-refractivity contribution is -0.123. The number of carbonyl (C=O) groups is 2. The van der Waals surface area contributed by atoms with Crippen molar-refractivity contribution in [2.75, 3.05) is 0 Å². The maximum absolute atomic E-state index is 11.5. The first-order valence-electron chi connectivity index (χ1n) is 3.81. The Bertz CT molecular complexity index is 389. The van der Waals surface area contributed by atoms with Crippen LogP contribution in [0.2, 0.25) is 0 Å². The van der Waals surface area contributed by atoms with Crippen molar-refractivity contribution in [2.45, 2.75) is 6.42 Å². The SMILES string of the molecule is O=C1Cc2ccccc2C(=O)N1I. The predicted octanol–water partition coefficient (Wildman–Crippen LogP) is 1.56. The molecule has 0 saturated heterocycles. The molecular formula is C9H6INO2. The van der Waals surface area contributed by atoms with Crippen molar-refractivity contribution in [1.82, 2.24) is 3.11 Å². The Morgan fingerprint density at radius 1 is 1.23 bits per heavy atom. The van der Waals surface area contributed by atoms with E-state index in [1.54, 1.807) is 35.0 Å². The van der Waals surface area contributed by atoms with Crippen LogP contribution in [0.3, 0.4) is 0 Å². The molecule has 0 aliphatic carbocycles. The van der Waals surface area contributed by atoms with Gasteiger partial charge in [-0.1, -0.05) is 18.2 Å². The van der Waals surface area contributed by atoms with Gasteiger partial charge in [0.2, 0.25) is 5.91 Å². The van der Waals surface area contributed by atoms with E-state index in [0.717, 1.165) is 8.68 Å². The third-order valence-electron chi connectivity index (χ3n) is 1.99. The average molecular weight is 287 g/mol. The predicted molar refractivity (Wildman–Crippen MR) is 55.3 cm³/mol. The van der Waals surface area contributed by atoms with Crippen molar-refractivity contribution in [1.29, 1.82) is 0 Å². The summed E-state index contributed by atoms with van der Waals surface area (Å²) in [5, 5.41) is 0. The highest BCUT2D eigenvalue weighted by molar-refractivity contribution is 14.1. The molecule has 0 unspecified atom stereocenters. The fourth-order valence-electron chi connectivity index (χ4n) is 1.33. The van der Waals surface area contributed by atoms with Gasteiger partial charge in [-0.25, -0.2) is 3.11 Å². The first-order chi connectivity index (χ1) is 6.20. The number of benzene rings is 1. The van der Waals surface area contributed by atoms with Gasteiger partial charge in [-0.2, -0.15) is 0 Å². The second-order valence-electron chi connectivity index (χ2n) is 2.81. The van der Waals surface area contributed by atoms with E-state index in [1.165, 1.54) is 0 Å². The summed E-state index contributed by atoms with van der Waals surface area (Å²) in [6.45, 7) is 0. The molecule has 1 aromatic carbocycles. The van der Waals surface area contributed by atoms with E-state index in [1.807, 2.05) is 12.1 Å². The van der Waals surface area contributed by atoms with Crippen LogP contribution in [-0.2, 0) is 11.2 Å². The van der Waals surface area contributed by atoms with Crippen LogP contribution in [0, 0.1) is 0 Å². The largest absolute Gasteiger partial charge is 0.273 e. The highest BCUT2D eigenvalue weighted by Crippen LogP contribution is 2.21. The Morgan fingerprint density at radius 3 is 2.69 bits per heavy atom. The van der Waals surface area contributed by atoms with Gasteiger partial charge in [0.25, 0.3) is 5.91 Å². The van der Waals surface area contributed by atoms with E-state index in [9.17, 15) is 9.59 Å². The topological polar surface area (TPSA) is 37.4 Å². The quantitative estimate of drug-likeness (QED) is 0.412. The van der Waals surface area contributed by atoms with Crippen LogP contribution in [0.1, 0.15) is 15.9 Å². The molecule has 0 radical (unpaired) electrons. The molecule has 2 rings (SSSR count). The van der Waals surface area contributed by atoms with Crippen molar-refractivity contribution in [3.05, 3.63) is 35.4 Å². The molecule has 1 heterocycles. The molecule has 2 amide bonds. The number of nitrogens with zero attached hydrogens (tertiary/aromatic N) is 1. The summed E-state index contributed by atoms with van der Waals surface area (Å²) in [4.78, 5) is 22.8. The first-order valence-corrected chi connectivity index (χ1v) is 4.77. The normalized spacial score (nSPS) is 15.9. The van der Waals surface area contributed by atoms with Gasteiger partial charge in [-0.05, 0) is 11.6 Å². The molecule has 0 saturated carbocycles. The van der Waals surface area contributed by atoms with Gasteiger partial charge >= 0.3 is 0 Å². The Labute approximate surface area is 89.2 Å². The van der Waals surface area contributed by atoms with Crippen molar-refractivity contribution < 1.29 is 9.59 Å². The smallest absolute Gasteiger partial charge is 0.269 e. The number of fused-ring (bicyclic) bond motifs is 1. The third-order valence-corrected chi connectivity index (χ3v) is 2.96. The summed E-state index contributed by atoms with van der Waals surface area (Å²) < 4.78 is 1.14. The van der Waals surface area contributed by atoms with Crippen LogP contribution < -0.4 is 0 Å². The lowest BCUT2D eigenvalue weighted by atomic mass is 10.0. The Kier molecular flexibility index (Phi) is 2.07. The molecule has 0 N–H and O–H groups in total. The maximum Gasteiger partial charge on any atom is 0.269 e. The second-order valence-corrected chi connectivity index (χ2v) is 3.78. The molecule has 0 bridgehead atoms. The molecule has 1 aliphatic heterocycles. The average Bonchev–Trinajstić information content (AvgIpc) is 2.15. The molecule has 0 fully saturated rings. The highest BCUT2D eigenvalue weighted by atomic mass is 127. The zero-order valence-corrected chi connectivity index (χ0v) is 8.82. The summed E-state index contributed by atoms with van der Waals surface area (Å²) in [5.41, 5.74) is 1.46. The van der Waals surface area contributed by atoms with Gasteiger partial charge in [-0.3, -0.25) is 9.59 Å². The van der Waals surface area contributed by atoms with Crippen molar-refractivity contribution in [3.63, 3.8) is 0 Å². The zero-order valence-electron chi connectivity index (χ0n) is 6.66. The van der Waals surface area contributed by atoms with Gasteiger partial charge in [0.05, 0.1) is 29.3 Å². The Morgan fingerprint density at radius 2 is 1.92 bits per heavy atom. The molecule has 0 aromatic heterocycles. The van der Waals surface area contributed by atoms with E-state index in [2.05, 4.69) is 0 Å². The van der Waals surface area contributed by atoms with Gasteiger partial charge in [-0.15, -0.1) is 0 Å². The van der Waals surface area contributed by atoms with Gasteiger partial charge in [0, 0.05) is 5.56 Å². The van der Waals surface area contributed by atoms with E-state index in [4.69, 9.17) is 0 Å². The zero-order chi connectivity index (χ0) is 9.42. The summed E-state index contributed by atoms with van der Waals surface area (Å²) in [6.07, 6.45) is 0.324. The lowest BCUT2D eigenvalue weighted by Gasteiger charge is -2.20. The van der Waals surface area contributed by atoms with Gasteiger partial charge in [0.1, 0.15) is 0 Å².